The highest BCUT2D eigenvalue weighted by molar-refractivity contribution is 7.09. The fourth-order valence-electron chi connectivity index (χ4n) is 1.69. The maximum absolute atomic E-state index is 8.71. The second-order valence-corrected chi connectivity index (χ2v) is 5.34. The number of halogens is 2. The Morgan fingerprint density at radius 2 is 2.16 bits per heavy atom. The summed E-state index contributed by atoms with van der Waals surface area (Å²) in [5.41, 5.74) is 1.89. The molecule has 2 aromatic rings. The first-order chi connectivity index (χ1) is 8.79. The molecule has 1 heterocycles. The van der Waals surface area contributed by atoms with E-state index in [1.807, 2.05) is 18.2 Å². The largest absolute Gasteiger partial charge is 0.385 e. The smallest absolute Gasteiger partial charge is 0.0670 e. The van der Waals surface area contributed by atoms with Crippen molar-refractivity contribution >= 4 is 41.0 Å². The minimum absolute atomic E-state index is 0. The normalized spacial score (nSPS) is 9.47. The molecule has 0 unspecified atom stereocenters. The average Bonchev–Trinajstić information content (AvgIpc) is 2.87. The number of rotatable bonds is 5. The molecule has 0 aliphatic carbocycles. The molecule has 0 amide bonds. The topological polar surface area (TPSA) is 35.8 Å². The zero-order chi connectivity index (χ0) is 12.8. The van der Waals surface area contributed by atoms with E-state index in [2.05, 4.69) is 28.9 Å². The van der Waals surface area contributed by atoms with Gasteiger partial charge in [-0.15, -0.1) is 23.7 Å². The molecule has 2 rings (SSSR count). The number of hydrogen-bond donors (Lipinski definition) is 1. The van der Waals surface area contributed by atoms with Gasteiger partial charge in [0, 0.05) is 22.1 Å². The molecule has 1 aromatic carbocycles. The van der Waals surface area contributed by atoms with Crippen LogP contribution in [-0.4, -0.2) is 6.54 Å². The van der Waals surface area contributed by atoms with Crippen LogP contribution in [0, 0.1) is 11.3 Å². The summed E-state index contributed by atoms with van der Waals surface area (Å²) in [6, 6.07) is 12.0. The van der Waals surface area contributed by atoms with Gasteiger partial charge in [0.1, 0.15) is 0 Å². The van der Waals surface area contributed by atoms with Gasteiger partial charge in [0.25, 0.3) is 0 Å². The molecule has 0 aliphatic rings. The summed E-state index contributed by atoms with van der Waals surface area (Å²) in [5, 5.41) is 14.8. The molecule has 0 bridgehead atoms. The average molecular weight is 313 g/mol. The Labute approximate surface area is 128 Å². The first kappa shape index (κ1) is 15.8. The molecular weight excluding hydrogens is 299 g/mol. The lowest BCUT2D eigenvalue weighted by molar-refractivity contribution is 1.04. The van der Waals surface area contributed by atoms with Crippen molar-refractivity contribution in [2.24, 2.45) is 0 Å². The van der Waals surface area contributed by atoms with E-state index in [-0.39, 0.29) is 12.4 Å². The van der Waals surface area contributed by atoms with E-state index in [1.54, 1.807) is 11.3 Å². The van der Waals surface area contributed by atoms with Gasteiger partial charge in [-0.05, 0) is 41.6 Å². The molecule has 1 N–H and O–H groups in total. The minimum atomic E-state index is 0. The highest BCUT2D eigenvalue weighted by atomic mass is 35.5. The first-order valence-corrected chi connectivity index (χ1v) is 6.97. The second-order valence-electron chi connectivity index (χ2n) is 3.90. The number of thiophene rings is 1. The van der Waals surface area contributed by atoms with Crippen molar-refractivity contribution in [2.45, 2.75) is 12.8 Å². The SMILES string of the molecule is Cl.N#CCc1cc(NCCc2cccs2)ccc1Cl. The van der Waals surface area contributed by atoms with Gasteiger partial charge in [0.05, 0.1) is 12.5 Å². The van der Waals surface area contributed by atoms with Gasteiger partial charge in [0.2, 0.25) is 0 Å². The number of nitrogens with one attached hydrogen (secondary N) is 1. The van der Waals surface area contributed by atoms with E-state index in [0.29, 0.717) is 11.4 Å². The summed E-state index contributed by atoms with van der Waals surface area (Å²) in [6.45, 7) is 0.883. The van der Waals surface area contributed by atoms with Gasteiger partial charge in [-0.25, -0.2) is 0 Å². The van der Waals surface area contributed by atoms with E-state index in [9.17, 15) is 0 Å². The highest BCUT2D eigenvalue weighted by Crippen LogP contribution is 2.21. The second kappa shape index (κ2) is 8.06. The van der Waals surface area contributed by atoms with Crippen LogP contribution >= 0.6 is 35.3 Å². The Balaban J connectivity index is 0.00000180. The third kappa shape index (κ3) is 4.76. The van der Waals surface area contributed by atoms with E-state index in [4.69, 9.17) is 16.9 Å². The van der Waals surface area contributed by atoms with Crippen molar-refractivity contribution in [1.82, 2.24) is 0 Å². The zero-order valence-electron chi connectivity index (χ0n) is 10.2. The number of anilines is 1. The molecule has 1 aromatic heterocycles. The molecule has 0 aliphatic heterocycles. The van der Waals surface area contributed by atoms with Crippen LogP contribution in [0.2, 0.25) is 5.02 Å². The molecule has 0 spiro atoms. The Morgan fingerprint density at radius 1 is 1.32 bits per heavy atom. The van der Waals surface area contributed by atoms with E-state index in [1.165, 1.54) is 4.88 Å². The zero-order valence-corrected chi connectivity index (χ0v) is 12.6. The summed E-state index contributed by atoms with van der Waals surface area (Å²) in [6.07, 6.45) is 1.35. The number of hydrogen-bond acceptors (Lipinski definition) is 3. The lowest BCUT2D eigenvalue weighted by Crippen LogP contribution is -2.04. The summed E-state index contributed by atoms with van der Waals surface area (Å²) >= 11 is 7.78. The third-order valence-electron chi connectivity index (χ3n) is 2.60. The van der Waals surface area contributed by atoms with Crippen LogP contribution < -0.4 is 5.32 Å². The summed E-state index contributed by atoms with van der Waals surface area (Å²) in [7, 11) is 0. The molecule has 0 atom stereocenters. The lowest BCUT2D eigenvalue weighted by atomic mass is 10.1. The van der Waals surface area contributed by atoms with Gasteiger partial charge >= 0.3 is 0 Å². The van der Waals surface area contributed by atoms with Crippen LogP contribution in [0.15, 0.2) is 35.7 Å². The molecular formula is C14H14Cl2N2S. The van der Waals surface area contributed by atoms with Crippen molar-refractivity contribution in [1.29, 1.82) is 5.26 Å². The molecule has 0 radical (unpaired) electrons. The first-order valence-electron chi connectivity index (χ1n) is 5.71. The van der Waals surface area contributed by atoms with Crippen LogP contribution in [-0.2, 0) is 12.8 Å². The van der Waals surface area contributed by atoms with Gasteiger partial charge in [0.15, 0.2) is 0 Å². The van der Waals surface area contributed by atoms with Crippen LogP contribution in [0.5, 0.6) is 0 Å². The summed E-state index contributed by atoms with van der Waals surface area (Å²) < 4.78 is 0. The van der Waals surface area contributed by atoms with Crippen LogP contribution in [0.25, 0.3) is 0 Å². The number of nitrogens with zero attached hydrogens (tertiary/aromatic N) is 1. The van der Waals surface area contributed by atoms with Gasteiger partial charge < -0.3 is 5.32 Å². The lowest BCUT2D eigenvalue weighted by Gasteiger charge is -2.08. The van der Waals surface area contributed by atoms with Crippen LogP contribution in [0.3, 0.4) is 0 Å². The standard InChI is InChI=1S/C14H13ClN2S.ClH/c15-14-4-3-12(10-11(14)5-7-16)17-8-6-13-2-1-9-18-13;/h1-4,9-10,17H,5-6,8H2;1H. The van der Waals surface area contributed by atoms with Crippen LogP contribution in [0.1, 0.15) is 10.4 Å². The monoisotopic (exact) mass is 312 g/mol. The van der Waals surface area contributed by atoms with Gasteiger partial charge in [-0.1, -0.05) is 17.7 Å². The predicted octanol–water partition coefficient (Wildman–Crippen LogP) is 4.54. The maximum atomic E-state index is 8.71. The van der Waals surface area contributed by atoms with Crippen molar-refractivity contribution in [3.05, 3.63) is 51.2 Å². The minimum Gasteiger partial charge on any atom is -0.385 e. The molecule has 0 saturated heterocycles. The Hall–Kier alpha value is -1.21. The summed E-state index contributed by atoms with van der Waals surface area (Å²) in [5.74, 6) is 0. The van der Waals surface area contributed by atoms with Crippen molar-refractivity contribution in [2.75, 3.05) is 11.9 Å². The summed E-state index contributed by atoms with van der Waals surface area (Å²) in [4.78, 5) is 1.37. The maximum Gasteiger partial charge on any atom is 0.0670 e. The molecule has 0 saturated carbocycles. The Morgan fingerprint density at radius 3 is 2.84 bits per heavy atom. The molecule has 19 heavy (non-hydrogen) atoms. The van der Waals surface area contributed by atoms with Gasteiger partial charge in [-0.3, -0.25) is 0 Å². The Kier molecular flexibility index (Phi) is 6.72. The third-order valence-corrected chi connectivity index (χ3v) is 3.90. The number of benzene rings is 1. The van der Waals surface area contributed by atoms with Crippen molar-refractivity contribution in [3.63, 3.8) is 0 Å². The van der Waals surface area contributed by atoms with E-state index < -0.39 is 0 Å². The molecule has 5 heteroatoms. The van der Waals surface area contributed by atoms with Crippen molar-refractivity contribution in [3.8, 4) is 6.07 Å². The molecule has 0 fully saturated rings. The van der Waals surface area contributed by atoms with E-state index >= 15 is 0 Å². The molecule has 100 valence electrons. The molecule has 2 nitrogen and oxygen atoms in total. The fourth-order valence-corrected chi connectivity index (χ4v) is 2.58. The Bertz CT molecular complexity index is 547. The van der Waals surface area contributed by atoms with E-state index in [0.717, 1.165) is 24.2 Å². The highest BCUT2D eigenvalue weighted by Gasteiger charge is 2.01. The van der Waals surface area contributed by atoms with Crippen LogP contribution in [0.4, 0.5) is 5.69 Å². The quantitative estimate of drug-likeness (QED) is 0.879. The number of nitriles is 1. The fraction of sp³-hybridized carbons (Fsp3) is 0.214. The van der Waals surface area contributed by atoms with Crippen molar-refractivity contribution < 1.29 is 0 Å². The van der Waals surface area contributed by atoms with Gasteiger partial charge in [-0.2, -0.15) is 5.26 Å². The predicted molar refractivity (Wildman–Crippen MR) is 84.5 cm³/mol.